The molecule has 0 aliphatic carbocycles. The number of ether oxygens (including phenoxy) is 2. The molecule has 0 spiro atoms. The normalized spacial score (nSPS) is 11.5. The van der Waals surface area contributed by atoms with E-state index in [4.69, 9.17) is 20.0 Å². The summed E-state index contributed by atoms with van der Waals surface area (Å²) < 4.78 is 10.6. The number of rotatable bonds is 4. The van der Waals surface area contributed by atoms with Gasteiger partial charge in [0.25, 0.3) is 0 Å². The zero-order valence-electron chi connectivity index (χ0n) is 11.8. The van der Waals surface area contributed by atoms with Gasteiger partial charge in [0.1, 0.15) is 12.1 Å². The van der Waals surface area contributed by atoms with Crippen LogP contribution in [0.2, 0.25) is 0 Å². The molecule has 0 fully saturated rings. The van der Waals surface area contributed by atoms with Crippen molar-refractivity contribution in [2.75, 3.05) is 18.7 Å². The highest BCUT2D eigenvalue weighted by Crippen LogP contribution is 2.32. The lowest BCUT2D eigenvalue weighted by atomic mass is 10.1. The third-order valence-electron chi connectivity index (χ3n) is 3.46. The van der Waals surface area contributed by atoms with E-state index in [1.165, 1.54) is 0 Å². The van der Waals surface area contributed by atoms with Gasteiger partial charge >= 0.3 is 0 Å². The summed E-state index contributed by atoms with van der Waals surface area (Å²) in [6.07, 6.45) is 0.751. The second-order valence-electron chi connectivity index (χ2n) is 4.82. The molecule has 1 N–H and O–H groups in total. The largest absolute Gasteiger partial charge is 0.454 e. The van der Waals surface area contributed by atoms with Gasteiger partial charge in [-0.25, -0.2) is 0 Å². The molecule has 0 unspecified atom stereocenters. The van der Waals surface area contributed by atoms with E-state index in [-0.39, 0.29) is 6.79 Å². The van der Waals surface area contributed by atoms with Gasteiger partial charge in [0.05, 0.1) is 16.8 Å². The molecule has 0 saturated heterocycles. The highest BCUT2D eigenvalue weighted by atomic mass is 16.7. The van der Waals surface area contributed by atoms with Gasteiger partial charge in [-0.3, -0.25) is 0 Å². The van der Waals surface area contributed by atoms with E-state index in [2.05, 4.69) is 17.5 Å². The van der Waals surface area contributed by atoms with E-state index in [9.17, 15) is 0 Å². The third-order valence-corrected chi connectivity index (χ3v) is 3.46. The molecule has 5 nitrogen and oxygen atoms in total. The van der Waals surface area contributed by atoms with Crippen molar-refractivity contribution in [3.8, 4) is 23.6 Å². The van der Waals surface area contributed by atoms with Crippen LogP contribution >= 0.6 is 0 Å². The lowest BCUT2D eigenvalue weighted by molar-refractivity contribution is 0.174. The van der Waals surface area contributed by atoms with Crippen LogP contribution in [-0.2, 0) is 6.42 Å². The molecular weight excluding hydrogens is 278 g/mol. The fourth-order valence-electron chi connectivity index (χ4n) is 2.36. The molecule has 22 heavy (non-hydrogen) atoms. The van der Waals surface area contributed by atoms with Crippen molar-refractivity contribution in [3.05, 3.63) is 53.1 Å². The predicted molar refractivity (Wildman–Crippen MR) is 80.6 cm³/mol. The van der Waals surface area contributed by atoms with Crippen LogP contribution < -0.4 is 14.8 Å². The topological polar surface area (TPSA) is 78.1 Å². The van der Waals surface area contributed by atoms with Gasteiger partial charge in [0, 0.05) is 6.54 Å². The summed E-state index contributed by atoms with van der Waals surface area (Å²) in [4.78, 5) is 0. The molecule has 0 radical (unpaired) electrons. The zero-order valence-corrected chi connectivity index (χ0v) is 11.8. The van der Waals surface area contributed by atoms with E-state index in [1.54, 1.807) is 18.2 Å². The van der Waals surface area contributed by atoms with E-state index >= 15 is 0 Å². The first-order valence-corrected chi connectivity index (χ1v) is 6.87. The Bertz CT molecular complexity index is 755. The Hall–Kier alpha value is -3.18. The minimum absolute atomic E-state index is 0.262. The number of para-hydroxylation sites is 1. The van der Waals surface area contributed by atoms with Gasteiger partial charge in [0.2, 0.25) is 6.79 Å². The molecule has 0 amide bonds. The van der Waals surface area contributed by atoms with Crippen molar-refractivity contribution in [2.24, 2.45) is 0 Å². The highest BCUT2D eigenvalue weighted by molar-refractivity contribution is 5.66. The van der Waals surface area contributed by atoms with Gasteiger partial charge in [-0.05, 0) is 36.2 Å². The van der Waals surface area contributed by atoms with Crippen molar-refractivity contribution >= 4 is 5.69 Å². The van der Waals surface area contributed by atoms with Crippen LogP contribution in [0.1, 0.15) is 16.7 Å². The number of benzene rings is 2. The molecule has 108 valence electrons. The summed E-state index contributed by atoms with van der Waals surface area (Å²) in [6.45, 7) is 0.880. The lowest BCUT2D eigenvalue weighted by Gasteiger charge is -2.10. The van der Waals surface area contributed by atoms with E-state index < -0.39 is 0 Å². The Kier molecular flexibility index (Phi) is 3.80. The third kappa shape index (κ3) is 2.65. The van der Waals surface area contributed by atoms with Crippen LogP contribution in [0.25, 0.3) is 0 Å². The van der Waals surface area contributed by atoms with Gasteiger partial charge < -0.3 is 14.8 Å². The molecule has 0 saturated carbocycles. The highest BCUT2D eigenvalue weighted by Gasteiger charge is 2.13. The first-order valence-electron chi connectivity index (χ1n) is 6.87. The summed E-state index contributed by atoms with van der Waals surface area (Å²) in [5.41, 5.74) is 2.65. The van der Waals surface area contributed by atoms with Crippen molar-refractivity contribution in [3.63, 3.8) is 0 Å². The molecule has 2 aromatic carbocycles. The van der Waals surface area contributed by atoms with Crippen LogP contribution in [0.4, 0.5) is 5.69 Å². The van der Waals surface area contributed by atoms with Gasteiger partial charge in [-0.1, -0.05) is 12.1 Å². The predicted octanol–water partition coefficient (Wildman–Crippen LogP) is 2.81. The number of anilines is 1. The Labute approximate surface area is 128 Å². The summed E-state index contributed by atoms with van der Waals surface area (Å²) >= 11 is 0. The van der Waals surface area contributed by atoms with Crippen molar-refractivity contribution < 1.29 is 9.47 Å². The Morgan fingerprint density at radius 1 is 1.00 bits per heavy atom. The molecule has 0 aromatic heterocycles. The molecule has 5 heteroatoms. The van der Waals surface area contributed by atoms with E-state index in [1.807, 2.05) is 18.2 Å². The standard InChI is InChI=1S/C17H13N3O2/c18-9-13-2-1-3-14(10-19)17(13)20-7-6-12-4-5-15-16(8-12)22-11-21-15/h1-5,8,20H,6-7,11H2. The number of hydrogen-bond acceptors (Lipinski definition) is 5. The smallest absolute Gasteiger partial charge is 0.231 e. The number of nitriles is 2. The maximum absolute atomic E-state index is 9.13. The van der Waals surface area contributed by atoms with Crippen molar-refractivity contribution in [2.45, 2.75) is 6.42 Å². The molecule has 3 rings (SSSR count). The van der Waals surface area contributed by atoms with Crippen LogP contribution in [-0.4, -0.2) is 13.3 Å². The summed E-state index contributed by atoms with van der Waals surface area (Å²) in [5.74, 6) is 1.52. The van der Waals surface area contributed by atoms with Crippen LogP contribution in [0.15, 0.2) is 36.4 Å². The first-order chi connectivity index (χ1) is 10.8. The van der Waals surface area contributed by atoms with Gasteiger partial charge in [-0.2, -0.15) is 10.5 Å². The maximum atomic E-state index is 9.13. The average molecular weight is 291 g/mol. The van der Waals surface area contributed by atoms with E-state index in [0.29, 0.717) is 23.4 Å². The molecule has 1 aliphatic rings. The number of nitrogens with zero attached hydrogens (tertiary/aromatic N) is 2. The van der Waals surface area contributed by atoms with E-state index in [0.717, 1.165) is 23.5 Å². The second kappa shape index (κ2) is 6.07. The van der Waals surface area contributed by atoms with Crippen molar-refractivity contribution in [1.29, 1.82) is 10.5 Å². The Morgan fingerprint density at radius 3 is 2.45 bits per heavy atom. The van der Waals surface area contributed by atoms with Crippen LogP contribution in [0.3, 0.4) is 0 Å². The monoisotopic (exact) mass is 291 g/mol. The van der Waals surface area contributed by atoms with Crippen LogP contribution in [0, 0.1) is 22.7 Å². The fourth-order valence-corrected chi connectivity index (χ4v) is 2.36. The quantitative estimate of drug-likeness (QED) is 0.937. The number of fused-ring (bicyclic) bond motifs is 1. The second-order valence-corrected chi connectivity index (χ2v) is 4.82. The minimum atomic E-state index is 0.262. The molecular formula is C17H13N3O2. The summed E-state index contributed by atoms with van der Waals surface area (Å²) in [6, 6.07) is 15.1. The zero-order chi connectivity index (χ0) is 15.4. The van der Waals surface area contributed by atoms with Crippen molar-refractivity contribution in [1.82, 2.24) is 0 Å². The van der Waals surface area contributed by atoms with Crippen LogP contribution in [0.5, 0.6) is 11.5 Å². The lowest BCUT2D eigenvalue weighted by Crippen LogP contribution is -2.07. The summed E-state index contributed by atoms with van der Waals surface area (Å²) in [7, 11) is 0. The molecule has 2 aromatic rings. The Morgan fingerprint density at radius 2 is 1.73 bits per heavy atom. The molecule has 1 heterocycles. The molecule has 1 aliphatic heterocycles. The first kappa shape index (κ1) is 13.8. The van der Waals surface area contributed by atoms with Gasteiger partial charge in [0.15, 0.2) is 11.5 Å². The number of nitrogens with one attached hydrogen (secondary N) is 1. The molecule has 0 atom stereocenters. The fraction of sp³-hybridized carbons (Fsp3) is 0.176. The minimum Gasteiger partial charge on any atom is -0.454 e. The number of hydrogen-bond donors (Lipinski definition) is 1. The summed E-state index contributed by atoms with van der Waals surface area (Å²) in [5, 5.41) is 21.4. The SMILES string of the molecule is N#Cc1cccc(C#N)c1NCCc1ccc2c(c1)OCO2. The maximum Gasteiger partial charge on any atom is 0.231 e. The van der Waals surface area contributed by atoms with Gasteiger partial charge in [-0.15, -0.1) is 0 Å². The Balaban J connectivity index is 1.69. The molecule has 0 bridgehead atoms. The average Bonchev–Trinajstić information content (AvgIpc) is 3.02.